The molecule has 24 heavy (non-hydrogen) atoms. The Morgan fingerprint density at radius 2 is 2.21 bits per heavy atom. The van der Waals surface area contributed by atoms with Crippen LogP contribution in [0, 0.1) is 0 Å². The minimum atomic E-state index is -0.289. The van der Waals surface area contributed by atoms with Crippen LogP contribution in [0.1, 0.15) is 36.6 Å². The smallest absolute Gasteiger partial charge is 0.233 e. The number of benzene rings is 1. The predicted molar refractivity (Wildman–Crippen MR) is 86.8 cm³/mol. The number of carbonyl (C=O) groups excluding carboxylic acids is 1. The molecule has 0 spiro atoms. The number of rotatable bonds is 1. The van der Waals surface area contributed by atoms with Crippen LogP contribution in [0.25, 0.3) is 0 Å². The zero-order valence-corrected chi connectivity index (χ0v) is 13.9. The summed E-state index contributed by atoms with van der Waals surface area (Å²) in [4.78, 5) is 15.0. The first-order valence-electron chi connectivity index (χ1n) is 8.18. The fraction of sp³-hybridized carbons (Fsp3) is 0.500. The maximum absolute atomic E-state index is 13.1. The number of tetrazole rings is 1. The first-order valence-corrected chi connectivity index (χ1v) is 8.56. The van der Waals surface area contributed by atoms with Gasteiger partial charge < -0.3 is 9.64 Å². The molecule has 0 saturated heterocycles. The first-order chi connectivity index (χ1) is 11.7. The summed E-state index contributed by atoms with van der Waals surface area (Å²) in [6.45, 7) is 2.28. The van der Waals surface area contributed by atoms with Crippen molar-refractivity contribution in [1.29, 1.82) is 0 Å². The molecule has 0 aliphatic carbocycles. The van der Waals surface area contributed by atoms with Crippen molar-refractivity contribution in [3.63, 3.8) is 0 Å². The Bertz CT molecular complexity index is 763. The predicted octanol–water partition coefficient (Wildman–Crippen LogP) is 2.02. The van der Waals surface area contributed by atoms with E-state index in [-0.39, 0.29) is 11.8 Å². The lowest BCUT2D eigenvalue weighted by molar-refractivity contribution is -0.134. The molecule has 7 nitrogen and oxygen atoms in total. The van der Waals surface area contributed by atoms with E-state index in [0.717, 1.165) is 37.1 Å². The highest BCUT2D eigenvalue weighted by Gasteiger charge is 2.32. The number of nitrogens with zero attached hydrogens (tertiary/aromatic N) is 5. The normalized spacial score (nSPS) is 20.4. The minimum Gasteiger partial charge on any atom is -0.491 e. The number of amides is 1. The summed E-state index contributed by atoms with van der Waals surface area (Å²) >= 11 is 6.09. The molecule has 4 rings (SSSR count). The average molecular weight is 348 g/mol. The van der Waals surface area contributed by atoms with Gasteiger partial charge in [0.15, 0.2) is 5.82 Å². The lowest BCUT2D eigenvalue weighted by Crippen LogP contribution is -2.37. The molecule has 2 aliphatic heterocycles. The molecule has 1 amide bonds. The highest BCUT2D eigenvalue weighted by Crippen LogP contribution is 2.30. The molecule has 2 aromatic rings. The summed E-state index contributed by atoms with van der Waals surface area (Å²) in [5, 5.41) is 12.5. The van der Waals surface area contributed by atoms with E-state index in [1.54, 1.807) is 10.7 Å². The van der Waals surface area contributed by atoms with Crippen LogP contribution < -0.4 is 4.74 Å². The monoisotopic (exact) mass is 347 g/mol. The van der Waals surface area contributed by atoms with E-state index in [0.29, 0.717) is 30.5 Å². The fourth-order valence-electron chi connectivity index (χ4n) is 3.36. The van der Waals surface area contributed by atoms with Crippen molar-refractivity contribution in [2.24, 2.45) is 0 Å². The van der Waals surface area contributed by atoms with Gasteiger partial charge in [0.25, 0.3) is 0 Å². The molecule has 1 aromatic carbocycles. The zero-order valence-electron chi connectivity index (χ0n) is 13.2. The number of hydrogen-bond acceptors (Lipinski definition) is 5. The molecular formula is C16H18ClN5O2. The Balaban J connectivity index is 1.61. The van der Waals surface area contributed by atoms with Crippen molar-refractivity contribution in [2.45, 2.75) is 38.3 Å². The van der Waals surface area contributed by atoms with Gasteiger partial charge in [0, 0.05) is 23.7 Å². The van der Waals surface area contributed by atoms with Crippen molar-refractivity contribution in [1.82, 2.24) is 25.1 Å². The molecule has 0 bridgehead atoms. The van der Waals surface area contributed by atoms with Crippen molar-refractivity contribution in [3.8, 4) is 5.75 Å². The van der Waals surface area contributed by atoms with E-state index in [9.17, 15) is 4.79 Å². The number of aromatic nitrogens is 4. The van der Waals surface area contributed by atoms with Crippen LogP contribution in [-0.4, -0.2) is 44.2 Å². The number of aryl methyl sites for hydroxylation is 1. The molecule has 0 saturated carbocycles. The van der Waals surface area contributed by atoms with Crippen LogP contribution in [0.5, 0.6) is 5.75 Å². The number of hydrogen-bond donors (Lipinski definition) is 0. The summed E-state index contributed by atoms with van der Waals surface area (Å²) in [6.07, 6.45) is 2.75. The lowest BCUT2D eigenvalue weighted by atomic mass is 10.0. The number of ether oxygens (including phenoxy) is 1. The fourth-order valence-corrected chi connectivity index (χ4v) is 3.56. The molecular weight excluding hydrogens is 330 g/mol. The second-order valence-corrected chi connectivity index (χ2v) is 6.61. The van der Waals surface area contributed by atoms with Gasteiger partial charge in [-0.1, -0.05) is 18.0 Å². The second-order valence-electron chi connectivity index (χ2n) is 6.17. The third-order valence-corrected chi connectivity index (χ3v) is 4.83. The van der Waals surface area contributed by atoms with E-state index in [4.69, 9.17) is 16.3 Å². The molecule has 1 aromatic heterocycles. The maximum atomic E-state index is 13.1. The van der Waals surface area contributed by atoms with Gasteiger partial charge in [-0.3, -0.25) is 4.79 Å². The highest BCUT2D eigenvalue weighted by atomic mass is 35.5. The summed E-state index contributed by atoms with van der Waals surface area (Å²) in [6, 6.07) is 5.52. The molecule has 0 radical (unpaired) electrons. The first kappa shape index (κ1) is 15.4. The topological polar surface area (TPSA) is 73.1 Å². The van der Waals surface area contributed by atoms with E-state index >= 15 is 0 Å². The lowest BCUT2D eigenvalue weighted by Gasteiger charge is -2.24. The Hall–Kier alpha value is -2.15. The molecule has 3 heterocycles. The molecule has 0 fully saturated rings. The second kappa shape index (κ2) is 6.39. The van der Waals surface area contributed by atoms with Gasteiger partial charge in [-0.25, -0.2) is 4.68 Å². The van der Waals surface area contributed by atoms with Gasteiger partial charge in [-0.05, 0) is 41.5 Å². The Morgan fingerprint density at radius 1 is 1.29 bits per heavy atom. The summed E-state index contributed by atoms with van der Waals surface area (Å²) in [5.74, 6) is 1.24. The minimum absolute atomic E-state index is 0.0596. The van der Waals surface area contributed by atoms with Gasteiger partial charge in [0.2, 0.25) is 5.91 Å². The van der Waals surface area contributed by atoms with Gasteiger partial charge in [0.1, 0.15) is 12.4 Å². The molecule has 1 atom stereocenters. The number of carbonyl (C=O) groups is 1. The molecule has 1 unspecified atom stereocenters. The van der Waals surface area contributed by atoms with Crippen molar-refractivity contribution >= 4 is 17.5 Å². The van der Waals surface area contributed by atoms with Crippen LogP contribution in [-0.2, 0) is 17.9 Å². The van der Waals surface area contributed by atoms with Gasteiger partial charge in [-0.15, -0.1) is 5.10 Å². The number of fused-ring (bicyclic) bond motifs is 2. The molecule has 0 N–H and O–H groups in total. The van der Waals surface area contributed by atoms with Crippen molar-refractivity contribution < 1.29 is 9.53 Å². The zero-order chi connectivity index (χ0) is 16.5. The Labute approximate surface area is 144 Å². The van der Waals surface area contributed by atoms with Crippen molar-refractivity contribution in [2.75, 3.05) is 13.2 Å². The summed E-state index contributed by atoms with van der Waals surface area (Å²) in [5.41, 5.74) is 0.932. The highest BCUT2D eigenvalue weighted by molar-refractivity contribution is 6.30. The van der Waals surface area contributed by atoms with Crippen LogP contribution in [0.15, 0.2) is 18.2 Å². The van der Waals surface area contributed by atoms with Crippen LogP contribution in [0.4, 0.5) is 0 Å². The van der Waals surface area contributed by atoms with Crippen LogP contribution >= 0.6 is 11.6 Å². The maximum Gasteiger partial charge on any atom is 0.233 e. The van der Waals surface area contributed by atoms with Crippen molar-refractivity contribution in [3.05, 3.63) is 34.6 Å². The SMILES string of the molecule is O=C(C1CCCCn2nnnc21)N1CCOc2ccc(Cl)cc2C1. The largest absolute Gasteiger partial charge is 0.491 e. The molecule has 2 aliphatic rings. The third-order valence-electron chi connectivity index (χ3n) is 4.60. The van der Waals surface area contributed by atoms with Gasteiger partial charge in [-0.2, -0.15) is 0 Å². The Kier molecular flexibility index (Phi) is 4.10. The quantitative estimate of drug-likeness (QED) is 0.789. The van der Waals surface area contributed by atoms with E-state index in [2.05, 4.69) is 15.5 Å². The standard InChI is InChI=1S/C16H18ClN5O2/c17-12-4-5-14-11(9-12)10-21(7-8-24-14)16(23)13-3-1-2-6-22-15(13)18-19-20-22/h4-5,9,13H,1-3,6-8,10H2. The average Bonchev–Trinajstić information content (AvgIpc) is 2.81. The van der Waals surface area contributed by atoms with E-state index in [1.165, 1.54) is 0 Å². The van der Waals surface area contributed by atoms with Crippen LogP contribution in [0.2, 0.25) is 5.02 Å². The number of halogens is 1. The Morgan fingerprint density at radius 3 is 3.12 bits per heavy atom. The molecule has 126 valence electrons. The van der Waals surface area contributed by atoms with E-state index < -0.39 is 0 Å². The van der Waals surface area contributed by atoms with Gasteiger partial charge >= 0.3 is 0 Å². The van der Waals surface area contributed by atoms with E-state index in [1.807, 2.05) is 17.0 Å². The summed E-state index contributed by atoms with van der Waals surface area (Å²) in [7, 11) is 0. The summed E-state index contributed by atoms with van der Waals surface area (Å²) < 4.78 is 7.51. The van der Waals surface area contributed by atoms with Gasteiger partial charge in [0.05, 0.1) is 12.5 Å². The molecule has 8 heteroatoms. The van der Waals surface area contributed by atoms with Crippen LogP contribution in [0.3, 0.4) is 0 Å². The third kappa shape index (κ3) is 2.84.